The number of allylic oxidation sites excluding steroid dienone is 4. The predicted octanol–water partition coefficient (Wildman–Crippen LogP) is 3.05. The summed E-state index contributed by atoms with van der Waals surface area (Å²) in [6, 6.07) is 8.82. The van der Waals surface area contributed by atoms with Crippen LogP contribution in [0.2, 0.25) is 0 Å². The second-order valence-electron chi connectivity index (χ2n) is 4.93. The highest BCUT2D eigenvalue weighted by Gasteiger charge is 2.33. The minimum atomic E-state index is -1.59. The summed E-state index contributed by atoms with van der Waals surface area (Å²) in [5.74, 6) is -0.590. The molecule has 5 heteroatoms. The van der Waals surface area contributed by atoms with Crippen LogP contribution in [-0.2, 0) is 9.53 Å². The van der Waals surface area contributed by atoms with Gasteiger partial charge in [-0.1, -0.05) is 42.5 Å². The van der Waals surface area contributed by atoms with Crippen molar-refractivity contribution in [3.8, 4) is 0 Å². The number of halogens is 2. The quantitative estimate of drug-likeness (QED) is 0.870. The van der Waals surface area contributed by atoms with E-state index in [9.17, 15) is 9.18 Å². The van der Waals surface area contributed by atoms with Gasteiger partial charge in [0.2, 0.25) is 0 Å². The fourth-order valence-electron chi connectivity index (χ4n) is 2.25. The second-order valence-corrected chi connectivity index (χ2v) is 4.93. The molecule has 0 radical (unpaired) electrons. The molecule has 0 saturated carbocycles. The average Bonchev–Trinajstić information content (AvgIpc) is 2.47. The van der Waals surface area contributed by atoms with Crippen molar-refractivity contribution in [1.29, 1.82) is 0 Å². The van der Waals surface area contributed by atoms with Crippen LogP contribution in [0, 0.1) is 0 Å². The SMILES string of the molecule is COC(=O)C(N)CC1(F)C=CC(c2ccccc2)=CC1.Cl. The summed E-state index contributed by atoms with van der Waals surface area (Å²) < 4.78 is 19.1. The zero-order valence-corrected chi connectivity index (χ0v) is 12.6. The third kappa shape index (κ3) is 4.41. The average molecular weight is 312 g/mol. The van der Waals surface area contributed by atoms with Crippen LogP contribution in [0.4, 0.5) is 4.39 Å². The van der Waals surface area contributed by atoms with Crippen LogP contribution in [0.15, 0.2) is 48.6 Å². The molecule has 0 saturated heterocycles. The largest absolute Gasteiger partial charge is 0.468 e. The molecule has 0 fully saturated rings. The Morgan fingerprint density at radius 2 is 2.10 bits per heavy atom. The maximum absolute atomic E-state index is 14.6. The summed E-state index contributed by atoms with van der Waals surface area (Å²) in [6.07, 6.45) is 5.19. The van der Waals surface area contributed by atoms with Gasteiger partial charge in [0, 0.05) is 12.8 Å². The van der Waals surface area contributed by atoms with Gasteiger partial charge in [-0.25, -0.2) is 4.39 Å². The van der Waals surface area contributed by atoms with Crippen molar-refractivity contribution >= 4 is 23.9 Å². The number of nitrogens with two attached hydrogens (primary N) is 1. The van der Waals surface area contributed by atoms with Crippen LogP contribution in [0.25, 0.3) is 5.57 Å². The van der Waals surface area contributed by atoms with Gasteiger partial charge in [0.05, 0.1) is 7.11 Å². The minimum absolute atomic E-state index is 0. The van der Waals surface area contributed by atoms with Crippen molar-refractivity contribution in [3.05, 3.63) is 54.1 Å². The smallest absolute Gasteiger partial charge is 0.322 e. The summed E-state index contributed by atoms with van der Waals surface area (Å²) >= 11 is 0. The first kappa shape index (κ1) is 17.4. The molecular weight excluding hydrogens is 293 g/mol. The maximum atomic E-state index is 14.6. The Morgan fingerprint density at radius 3 is 2.62 bits per heavy atom. The van der Waals surface area contributed by atoms with Crippen molar-refractivity contribution in [2.45, 2.75) is 24.6 Å². The molecule has 0 amide bonds. The summed E-state index contributed by atoms with van der Waals surface area (Å²) in [4.78, 5) is 11.3. The number of carbonyl (C=O) groups is 1. The van der Waals surface area contributed by atoms with Crippen molar-refractivity contribution in [2.24, 2.45) is 5.73 Å². The Hall–Kier alpha value is -1.65. The molecule has 0 aliphatic heterocycles. The van der Waals surface area contributed by atoms with E-state index in [4.69, 9.17) is 5.73 Å². The van der Waals surface area contributed by atoms with E-state index in [-0.39, 0.29) is 25.2 Å². The van der Waals surface area contributed by atoms with E-state index in [0.29, 0.717) is 0 Å². The lowest BCUT2D eigenvalue weighted by atomic mass is 9.86. The highest BCUT2D eigenvalue weighted by atomic mass is 35.5. The maximum Gasteiger partial charge on any atom is 0.322 e. The number of esters is 1. The van der Waals surface area contributed by atoms with Gasteiger partial charge in [-0.05, 0) is 17.2 Å². The van der Waals surface area contributed by atoms with E-state index in [2.05, 4.69) is 4.74 Å². The molecule has 2 unspecified atom stereocenters. The molecule has 1 aliphatic rings. The Labute approximate surface area is 130 Å². The molecular formula is C16H19ClFNO2. The molecule has 2 N–H and O–H groups in total. The van der Waals surface area contributed by atoms with Gasteiger partial charge in [0.1, 0.15) is 11.7 Å². The van der Waals surface area contributed by atoms with Gasteiger partial charge < -0.3 is 10.5 Å². The summed E-state index contributed by atoms with van der Waals surface area (Å²) in [5.41, 5.74) is 6.05. The summed E-state index contributed by atoms with van der Waals surface area (Å²) in [6.45, 7) is 0. The molecule has 21 heavy (non-hydrogen) atoms. The van der Waals surface area contributed by atoms with Crippen LogP contribution < -0.4 is 5.73 Å². The third-order valence-electron chi connectivity index (χ3n) is 3.39. The zero-order chi connectivity index (χ0) is 14.6. The first-order valence-electron chi connectivity index (χ1n) is 6.51. The predicted molar refractivity (Wildman–Crippen MR) is 83.9 cm³/mol. The number of hydrogen-bond donors (Lipinski definition) is 1. The van der Waals surface area contributed by atoms with Gasteiger partial charge in [0.25, 0.3) is 0 Å². The first-order valence-corrected chi connectivity index (χ1v) is 6.51. The molecule has 0 bridgehead atoms. The van der Waals surface area contributed by atoms with Crippen LogP contribution in [0.1, 0.15) is 18.4 Å². The fraction of sp³-hybridized carbons (Fsp3) is 0.312. The number of hydrogen-bond acceptors (Lipinski definition) is 3. The van der Waals surface area contributed by atoms with E-state index >= 15 is 0 Å². The van der Waals surface area contributed by atoms with Crippen LogP contribution in [-0.4, -0.2) is 24.8 Å². The molecule has 0 heterocycles. The lowest BCUT2D eigenvalue weighted by Gasteiger charge is -2.26. The van der Waals surface area contributed by atoms with Crippen molar-refractivity contribution in [3.63, 3.8) is 0 Å². The van der Waals surface area contributed by atoms with Crippen LogP contribution in [0.5, 0.6) is 0 Å². The number of ether oxygens (including phenoxy) is 1. The van der Waals surface area contributed by atoms with Gasteiger partial charge in [-0.15, -0.1) is 12.4 Å². The normalized spacial score (nSPS) is 22.0. The molecule has 0 spiro atoms. The van der Waals surface area contributed by atoms with E-state index in [1.165, 1.54) is 13.2 Å². The molecule has 2 atom stereocenters. The summed E-state index contributed by atoms with van der Waals surface area (Å²) in [5, 5.41) is 0. The lowest BCUT2D eigenvalue weighted by molar-refractivity contribution is -0.143. The van der Waals surface area contributed by atoms with E-state index in [1.54, 1.807) is 6.08 Å². The Morgan fingerprint density at radius 1 is 1.43 bits per heavy atom. The van der Waals surface area contributed by atoms with Gasteiger partial charge >= 0.3 is 5.97 Å². The van der Waals surface area contributed by atoms with Gasteiger partial charge in [-0.2, -0.15) is 0 Å². The highest BCUT2D eigenvalue weighted by Crippen LogP contribution is 2.32. The van der Waals surface area contributed by atoms with Crippen molar-refractivity contribution in [2.75, 3.05) is 7.11 Å². The van der Waals surface area contributed by atoms with Crippen molar-refractivity contribution in [1.82, 2.24) is 0 Å². The number of carbonyl (C=O) groups excluding carboxylic acids is 1. The Balaban J connectivity index is 0.00000220. The van der Waals surface area contributed by atoms with Crippen LogP contribution in [0.3, 0.4) is 0 Å². The van der Waals surface area contributed by atoms with E-state index in [0.717, 1.165) is 11.1 Å². The Kier molecular flexibility index (Phi) is 6.12. The number of rotatable bonds is 4. The van der Waals surface area contributed by atoms with Gasteiger partial charge in [-0.3, -0.25) is 4.79 Å². The first-order chi connectivity index (χ1) is 9.54. The zero-order valence-electron chi connectivity index (χ0n) is 11.8. The van der Waals surface area contributed by atoms with E-state index in [1.807, 2.05) is 36.4 Å². The monoisotopic (exact) mass is 311 g/mol. The topological polar surface area (TPSA) is 52.3 Å². The molecule has 3 nitrogen and oxygen atoms in total. The highest BCUT2D eigenvalue weighted by molar-refractivity contribution is 5.85. The third-order valence-corrected chi connectivity index (χ3v) is 3.39. The molecule has 1 aliphatic carbocycles. The van der Waals surface area contributed by atoms with Gasteiger partial charge in [0.15, 0.2) is 0 Å². The van der Waals surface area contributed by atoms with Crippen LogP contribution >= 0.6 is 12.4 Å². The molecule has 1 aromatic carbocycles. The molecule has 1 aromatic rings. The second kappa shape index (κ2) is 7.38. The number of methoxy groups -OCH3 is 1. The number of benzene rings is 1. The van der Waals surface area contributed by atoms with Crippen molar-refractivity contribution < 1.29 is 13.9 Å². The minimum Gasteiger partial charge on any atom is -0.468 e. The standard InChI is InChI=1S/C16H18FNO2.ClH/c1-20-15(19)14(18)11-16(17)9-7-13(8-10-16)12-5-3-2-4-6-12;/h2-9,14H,10-11,18H2,1H3;1H. The summed E-state index contributed by atoms with van der Waals surface area (Å²) in [7, 11) is 1.25. The molecule has 114 valence electrons. The molecule has 0 aromatic heterocycles. The molecule has 2 rings (SSSR count). The lowest BCUT2D eigenvalue weighted by Crippen LogP contribution is -2.39. The van der Waals surface area contributed by atoms with E-state index < -0.39 is 17.7 Å². The fourth-order valence-corrected chi connectivity index (χ4v) is 2.25. The Bertz CT molecular complexity index is 544. The number of alkyl halides is 1.